The van der Waals surface area contributed by atoms with E-state index in [2.05, 4.69) is 0 Å². The van der Waals surface area contributed by atoms with Gasteiger partial charge in [0.05, 0.1) is 5.56 Å². The number of aromatic hydroxyl groups is 2. The van der Waals surface area contributed by atoms with Crippen molar-refractivity contribution in [2.45, 2.75) is 6.42 Å². The Labute approximate surface area is 104 Å². The number of hydrogen-bond acceptors (Lipinski definition) is 3. The molecule has 2 rings (SSSR count). The number of carbonyl (C=O) groups excluding carboxylic acids is 1. The van der Waals surface area contributed by atoms with Gasteiger partial charge in [-0.25, -0.2) is 0 Å². The van der Waals surface area contributed by atoms with Crippen molar-refractivity contribution in [3.05, 3.63) is 23.8 Å². The maximum Gasteiger partial charge on any atom is 0.257 e. The van der Waals surface area contributed by atoms with Gasteiger partial charge in [0.15, 0.2) is 11.5 Å². The van der Waals surface area contributed by atoms with Crippen molar-refractivity contribution in [2.24, 2.45) is 5.92 Å². The highest BCUT2D eigenvalue weighted by Crippen LogP contribution is 2.30. The van der Waals surface area contributed by atoms with E-state index in [1.54, 1.807) is 4.90 Å². The summed E-state index contributed by atoms with van der Waals surface area (Å²) in [5.74, 6) is -0.0302. The lowest BCUT2D eigenvalue weighted by atomic mass is 10.1. The summed E-state index contributed by atoms with van der Waals surface area (Å²) in [4.78, 5) is 13.7. The van der Waals surface area contributed by atoms with Crippen LogP contribution in [-0.2, 0) is 0 Å². The first-order valence-electron chi connectivity index (χ1n) is 5.49. The molecular weight excluding hydrogens is 242 g/mol. The van der Waals surface area contributed by atoms with Gasteiger partial charge in [-0.05, 0) is 24.5 Å². The smallest absolute Gasteiger partial charge is 0.257 e. The number of amides is 1. The molecule has 5 heteroatoms. The number of alkyl halides is 1. The fourth-order valence-electron chi connectivity index (χ4n) is 2.02. The van der Waals surface area contributed by atoms with Gasteiger partial charge in [-0.3, -0.25) is 4.79 Å². The largest absolute Gasteiger partial charge is 0.504 e. The topological polar surface area (TPSA) is 60.8 Å². The Hall–Kier alpha value is -1.42. The highest BCUT2D eigenvalue weighted by Gasteiger charge is 2.28. The third kappa shape index (κ3) is 2.31. The zero-order chi connectivity index (χ0) is 12.4. The molecule has 1 aliphatic heterocycles. The van der Waals surface area contributed by atoms with Crippen molar-refractivity contribution in [1.82, 2.24) is 4.90 Å². The molecule has 2 N–H and O–H groups in total. The maximum atomic E-state index is 12.1. The third-order valence-corrected chi connectivity index (χ3v) is 3.47. The summed E-state index contributed by atoms with van der Waals surface area (Å²) in [5, 5.41) is 19.0. The van der Waals surface area contributed by atoms with Crippen molar-refractivity contribution in [1.29, 1.82) is 0 Å². The molecule has 1 fully saturated rings. The third-order valence-electron chi connectivity index (χ3n) is 3.04. The minimum atomic E-state index is -0.355. The molecule has 4 nitrogen and oxygen atoms in total. The summed E-state index contributed by atoms with van der Waals surface area (Å²) in [5.41, 5.74) is 0.139. The van der Waals surface area contributed by atoms with Crippen molar-refractivity contribution >= 4 is 17.5 Å². The first-order chi connectivity index (χ1) is 8.13. The lowest BCUT2D eigenvalue weighted by molar-refractivity contribution is 0.0784. The quantitative estimate of drug-likeness (QED) is 0.626. The number of halogens is 1. The van der Waals surface area contributed by atoms with Crippen molar-refractivity contribution in [3.63, 3.8) is 0 Å². The lowest BCUT2D eigenvalue weighted by Gasteiger charge is -2.17. The molecule has 0 radical (unpaired) electrons. The number of carbonyl (C=O) groups is 1. The molecule has 1 heterocycles. The molecule has 1 aromatic carbocycles. The van der Waals surface area contributed by atoms with Gasteiger partial charge in [-0.1, -0.05) is 6.07 Å². The van der Waals surface area contributed by atoms with Crippen LogP contribution in [0.2, 0.25) is 0 Å². The Morgan fingerprint density at radius 1 is 1.47 bits per heavy atom. The Morgan fingerprint density at radius 2 is 2.24 bits per heavy atom. The number of hydrogen-bond donors (Lipinski definition) is 2. The summed E-state index contributed by atoms with van der Waals surface area (Å²) >= 11 is 5.75. The van der Waals surface area contributed by atoms with Gasteiger partial charge in [-0.2, -0.15) is 0 Å². The predicted molar refractivity (Wildman–Crippen MR) is 64.5 cm³/mol. The fraction of sp³-hybridized carbons (Fsp3) is 0.417. The normalized spacial score (nSPS) is 19.6. The van der Waals surface area contributed by atoms with E-state index >= 15 is 0 Å². The summed E-state index contributed by atoms with van der Waals surface area (Å²) in [7, 11) is 0. The van der Waals surface area contributed by atoms with Crippen molar-refractivity contribution in [2.75, 3.05) is 19.0 Å². The van der Waals surface area contributed by atoms with Gasteiger partial charge in [-0.15, -0.1) is 11.6 Å². The number of phenolic OH excluding ortho intramolecular Hbond substituents is 2. The molecule has 0 aromatic heterocycles. The molecule has 92 valence electrons. The average molecular weight is 256 g/mol. The molecule has 1 unspecified atom stereocenters. The molecule has 1 saturated heterocycles. The summed E-state index contributed by atoms with van der Waals surface area (Å²) in [6.45, 7) is 1.25. The molecule has 0 bridgehead atoms. The number of para-hydroxylation sites is 1. The second-order valence-electron chi connectivity index (χ2n) is 4.23. The molecule has 17 heavy (non-hydrogen) atoms. The van der Waals surface area contributed by atoms with Gasteiger partial charge < -0.3 is 15.1 Å². The van der Waals surface area contributed by atoms with E-state index in [4.69, 9.17) is 11.6 Å². The zero-order valence-corrected chi connectivity index (χ0v) is 10.0. The van der Waals surface area contributed by atoms with Gasteiger partial charge in [0.25, 0.3) is 5.91 Å². The minimum absolute atomic E-state index is 0.139. The molecule has 1 atom stereocenters. The maximum absolute atomic E-state index is 12.1. The summed E-state index contributed by atoms with van der Waals surface area (Å²) in [6, 6.07) is 4.39. The Morgan fingerprint density at radius 3 is 2.88 bits per heavy atom. The van der Waals surface area contributed by atoms with Crippen LogP contribution in [0.5, 0.6) is 11.5 Å². The average Bonchev–Trinajstić information content (AvgIpc) is 2.80. The zero-order valence-electron chi connectivity index (χ0n) is 9.27. The molecule has 0 aliphatic carbocycles. The number of benzene rings is 1. The van der Waals surface area contributed by atoms with Gasteiger partial charge >= 0.3 is 0 Å². The van der Waals surface area contributed by atoms with E-state index in [-0.39, 0.29) is 23.0 Å². The van der Waals surface area contributed by atoms with E-state index in [0.717, 1.165) is 6.42 Å². The molecule has 1 aliphatic rings. The van der Waals surface area contributed by atoms with E-state index in [9.17, 15) is 15.0 Å². The van der Waals surface area contributed by atoms with Crippen molar-refractivity contribution < 1.29 is 15.0 Å². The van der Waals surface area contributed by atoms with Crippen LogP contribution in [0.15, 0.2) is 18.2 Å². The number of phenols is 2. The van der Waals surface area contributed by atoms with Crippen LogP contribution in [0.4, 0.5) is 0 Å². The van der Waals surface area contributed by atoms with Gasteiger partial charge in [0.1, 0.15) is 0 Å². The first kappa shape index (κ1) is 12.0. The van der Waals surface area contributed by atoms with Crippen LogP contribution in [0, 0.1) is 5.92 Å². The molecule has 1 amide bonds. The monoisotopic (exact) mass is 255 g/mol. The fourth-order valence-corrected chi connectivity index (χ4v) is 2.27. The van der Waals surface area contributed by atoms with E-state index in [1.807, 2.05) is 0 Å². The predicted octanol–water partition coefficient (Wildman–Crippen LogP) is 1.80. The van der Waals surface area contributed by atoms with Gasteiger partial charge in [0.2, 0.25) is 0 Å². The molecule has 1 aromatic rings. The second-order valence-corrected chi connectivity index (χ2v) is 4.54. The molecule has 0 saturated carbocycles. The van der Waals surface area contributed by atoms with Crippen LogP contribution >= 0.6 is 11.6 Å². The number of likely N-dealkylation sites (tertiary alicyclic amines) is 1. The second kappa shape index (κ2) is 4.84. The van der Waals surface area contributed by atoms with E-state index in [1.165, 1.54) is 18.2 Å². The van der Waals surface area contributed by atoms with Crippen LogP contribution in [0.3, 0.4) is 0 Å². The first-order valence-corrected chi connectivity index (χ1v) is 6.03. The highest BCUT2D eigenvalue weighted by molar-refractivity contribution is 6.18. The van der Waals surface area contributed by atoms with Crippen LogP contribution in [-0.4, -0.2) is 40.0 Å². The molecular formula is C12H14ClNO3. The van der Waals surface area contributed by atoms with Crippen LogP contribution in [0.25, 0.3) is 0 Å². The van der Waals surface area contributed by atoms with Crippen molar-refractivity contribution in [3.8, 4) is 11.5 Å². The van der Waals surface area contributed by atoms with Gasteiger partial charge in [0, 0.05) is 19.0 Å². The summed E-state index contributed by atoms with van der Waals surface area (Å²) in [6.07, 6.45) is 0.884. The SMILES string of the molecule is O=C(c1cccc(O)c1O)N1CCC(CCl)C1. The Bertz CT molecular complexity index is 436. The van der Waals surface area contributed by atoms with Crippen LogP contribution < -0.4 is 0 Å². The van der Waals surface area contributed by atoms with Crippen LogP contribution in [0.1, 0.15) is 16.8 Å². The number of rotatable bonds is 2. The number of nitrogens with zero attached hydrogens (tertiary/aromatic N) is 1. The summed E-state index contributed by atoms with van der Waals surface area (Å²) < 4.78 is 0. The molecule has 0 spiro atoms. The standard InChI is InChI=1S/C12H14ClNO3/c13-6-8-4-5-14(7-8)12(17)9-2-1-3-10(15)11(9)16/h1-3,8,15-16H,4-7H2. The lowest BCUT2D eigenvalue weighted by Crippen LogP contribution is -2.28. The Balaban J connectivity index is 2.18. The highest BCUT2D eigenvalue weighted by atomic mass is 35.5. The minimum Gasteiger partial charge on any atom is -0.504 e. The van der Waals surface area contributed by atoms with E-state index in [0.29, 0.717) is 24.9 Å². The Kier molecular flexibility index (Phi) is 3.43. The van der Waals surface area contributed by atoms with E-state index < -0.39 is 0 Å².